The topological polar surface area (TPSA) is 71.1 Å². The maximum Gasteiger partial charge on any atom is 0.305 e. The van der Waals surface area contributed by atoms with E-state index in [1.54, 1.807) is 21.1 Å². The highest BCUT2D eigenvalue weighted by atomic mass is 16.7. The Bertz CT molecular complexity index is 792. The van der Waals surface area contributed by atoms with Crippen molar-refractivity contribution in [1.82, 2.24) is 0 Å². The molecular formula is C29H48O6. The Balaban J connectivity index is 1.61. The van der Waals surface area contributed by atoms with Crippen LogP contribution in [0, 0.1) is 46.3 Å². The molecule has 4 fully saturated rings. The number of esters is 2. The SMILES string of the molecule is COC(=O)CC[C@@H](C)[C@H]1CC[C@H]2[C@@H]3CC[C@H]4CC(OC)(OC)CC[C@]4(C)[C@H]3C[C@H](OC(C)=O)[C@]12C. The highest BCUT2D eigenvalue weighted by Gasteiger charge is 2.65. The van der Waals surface area contributed by atoms with Crippen molar-refractivity contribution in [3.63, 3.8) is 0 Å². The maximum absolute atomic E-state index is 12.3. The zero-order chi connectivity index (χ0) is 25.6. The third-order valence-electron chi connectivity index (χ3n) is 11.6. The number of methoxy groups -OCH3 is 3. The number of hydrogen-bond donors (Lipinski definition) is 0. The molecule has 0 radical (unpaired) electrons. The standard InChI is InChI=1S/C29H48O6/c1-18(8-13-26(31)32-5)22-11-12-23-21-10-9-20-17-29(33-6,34-7)15-14-27(20,3)24(21)16-25(28(22,23)4)35-19(2)30/h18,20-25H,8-17H2,1-7H3/t18-,20+,21+,22-,23+,24+,25+,27+,28-/m1/s1. The molecule has 0 aromatic heterocycles. The molecule has 9 atom stereocenters. The van der Waals surface area contributed by atoms with Crippen LogP contribution < -0.4 is 0 Å². The Morgan fingerprint density at radius 1 is 0.971 bits per heavy atom. The summed E-state index contributed by atoms with van der Waals surface area (Å²) in [7, 11) is 5.02. The fraction of sp³-hybridized carbons (Fsp3) is 0.931. The summed E-state index contributed by atoms with van der Waals surface area (Å²) in [6.07, 6.45) is 9.96. The average molecular weight is 493 g/mol. The first-order valence-electron chi connectivity index (χ1n) is 13.9. The number of carbonyl (C=O) groups excluding carboxylic acids is 2. The van der Waals surface area contributed by atoms with Crippen molar-refractivity contribution >= 4 is 11.9 Å². The van der Waals surface area contributed by atoms with Gasteiger partial charge in [-0.25, -0.2) is 0 Å². The number of rotatable bonds is 7. The van der Waals surface area contributed by atoms with Crippen molar-refractivity contribution in [1.29, 1.82) is 0 Å². The van der Waals surface area contributed by atoms with Gasteiger partial charge in [-0.3, -0.25) is 9.59 Å². The van der Waals surface area contributed by atoms with E-state index in [2.05, 4.69) is 20.8 Å². The Labute approximate surface area is 212 Å². The minimum atomic E-state index is -0.455. The third-order valence-corrected chi connectivity index (χ3v) is 11.6. The molecule has 0 unspecified atom stereocenters. The summed E-state index contributed by atoms with van der Waals surface area (Å²) in [6.45, 7) is 8.76. The van der Waals surface area contributed by atoms with Gasteiger partial charge >= 0.3 is 11.9 Å². The fourth-order valence-electron chi connectivity index (χ4n) is 9.57. The third kappa shape index (κ3) is 4.45. The van der Waals surface area contributed by atoms with Crippen molar-refractivity contribution in [2.45, 2.75) is 104 Å². The smallest absolute Gasteiger partial charge is 0.305 e. The van der Waals surface area contributed by atoms with Gasteiger partial charge in [0.05, 0.1) is 7.11 Å². The number of ether oxygens (including phenoxy) is 4. The summed E-state index contributed by atoms with van der Waals surface area (Å²) in [5, 5.41) is 0. The van der Waals surface area contributed by atoms with Gasteiger partial charge in [0.2, 0.25) is 0 Å². The first kappa shape index (κ1) is 26.9. The molecule has 4 rings (SSSR count). The summed E-state index contributed by atoms with van der Waals surface area (Å²) in [6, 6.07) is 0. The lowest BCUT2D eigenvalue weighted by atomic mass is 9.43. The van der Waals surface area contributed by atoms with E-state index in [4.69, 9.17) is 18.9 Å². The van der Waals surface area contributed by atoms with Gasteiger partial charge in [0, 0.05) is 45.8 Å². The molecule has 6 nitrogen and oxygen atoms in total. The van der Waals surface area contributed by atoms with Crippen LogP contribution in [0.3, 0.4) is 0 Å². The predicted octanol–water partition coefficient (Wildman–Crippen LogP) is 5.77. The molecule has 6 heteroatoms. The normalized spacial score (nSPS) is 42.8. The van der Waals surface area contributed by atoms with Crippen molar-refractivity contribution < 1.29 is 28.5 Å². The molecule has 35 heavy (non-hydrogen) atoms. The van der Waals surface area contributed by atoms with E-state index in [1.807, 2.05) is 0 Å². The second kappa shape index (κ2) is 9.96. The van der Waals surface area contributed by atoms with Crippen LogP contribution in [0.5, 0.6) is 0 Å². The van der Waals surface area contributed by atoms with Gasteiger partial charge in [0.15, 0.2) is 5.79 Å². The zero-order valence-electron chi connectivity index (χ0n) is 23.1. The summed E-state index contributed by atoms with van der Waals surface area (Å²) >= 11 is 0. The molecule has 0 bridgehead atoms. The van der Waals surface area contributed by atoms with Crippen LogP contribution >= 0.6 is 0 Å². The Hall–Kier alpha value is -1.14. The summed E-state index contributed by atoms with van der Waals surface area (Å²) in [5.74, 6) is 2.44. The van der Waals surface area contributed by atoms with Gasteiger partial charge in [-0.15, -0.1) is 0 Å². The average Bonchev–Trinajstić information content (AvgIpc) is 3.20. The Kier molecular flexibility index (Phi) is 7.66. The van der Waals surface area contributed by atoms with Crippen LogP contribution in [0.25, 0.3) is 0 Å². The van der Waals surface area contributed by atoms with Crippen molar-refractivity contribution in [2.75, 3.05) is 21.3 Å². The lowest BCUT2D eigenvalue weighted by Gasteiger charge is -2.63. The highest BCUT2D eigenvalue weighted by molar-refractivity contribution is 5.69. The van der Waals surface area contributed by atoms with Crippen molar-refractivity contribution in [3.05, 3.63) is 0 Å². The molecule has 4 saturated carbocycles. The van der Waals surface area contributed by atoms with Gasteiger partial charge in [-0.1, -0.05) is 20.8 Å². The Morgan fingerprint density at radius 2 is 1.69 bits per heavy atom. The summed E-state index contributed by atoms with van der Waals surface area (Å²) in [4.78, 5) is 24.2. The van der Waals surface area contributed by atoms with Crippen LogP contribution in [0.1, 0.15) is 91.9 Å². The lowest BCUT2D eigenvalue weighted by molar-refractivity contribution is -0.266. The fourth-order valence-corrected chi connectivity index (χ4v) is 9.57. The van der Waals surface area contributed by atoms with Gasteiger partial charge < -0.3 is 18.9 Å². The van der Waals surface area contributed by atoms with Crippen LogP contribution in [0.15, 0.2) is 0 Å². The molecule has 4 aliphatic rings. The number of carbonyl (C=O) groups is 2. The van der Waals surface area contributed by atoms with E-state index in [9.17, 15) is 9.59 Å². The molecule has 4 aliphatic carbocycles. The molecule has 0 saturated heterocycles. The zero-order valence-corrected chi connectivity index (χ0v) is 23.1. The summed E-state index contributed by atoms with van der Waals surface area (Å²) < 4.78 is 22.9. The largest absolute Gasteiger partial charge is 0.469 e. The van der Waals surface area contributed by atoms with Crippen LogP contribution in [0.4, 0.5) is 0 Å². The molecule has 0 amide bonds. The monoisotopic (exact) mass is 492 g/mol. The minimum Gasteiger partial charge on any atom is -0.469 e. The summed E-state index contributed by atoms with van der Waals surface area (Å²) in [5.41, 5.74) is 0.181. The van der Waals surface area contributed by atoms with E-state index in [0.29, 0.717) is 41.9 Å². The van der Waals surface area contributed by atoms with Gasteiger partial charge in [-0.05, 0) is 85.9 Å². The first-order valence-corrected chi connectivity index (χ1v) is 13.9. The predicted molar refractivity (Wildman–Crippen MR) is 133 cm³/mol. The second-order valence-corrected chi connectivity index (χ2v) is 12.7. The quantitative estimate of drug-likeness (QED) is 0.332. The molecule has 0 aliphatic heterocycles. The number of fused-ring (bicyclic) bond motifs is 5. The molecule has 0 spiro atoms. The minimum absolute atomic E-state index is 0.0386. The highest BCUT2D eigenvalue weighted by Crippen LogP contribution is 2.69. The van der Waals surface area contributed by atoms with Crippen molar-refractivity contribution in [3.8, 4) is 0 Å². The van der Waals surface area contributed by atoms with Gasteiger partial charge in [-0.2, -0.15) is 0 Å². The molecular weight excluding hydrogens is 444 g/mol. The molecule has 200 valence electrons. The van der Waals surface area contributed by atoms with E-state index in [-0.39, 0.29) is 28.9 Å². The molecule has 0 N–H and O–H groups in total. The number of hydrogen-bond acceptors (Lipinski definition) is 6. The van der Waals surface area contributed by atoms with Gasteiger partial charge in [0.1, 0.15) is 6.10 Å². The van der Waals surface area contributed by atoms with Crippen molar-refractivity contribution in [2.24, 2.45) is 46.3 Å². The van der Waals surface area contributed by atoms with E-state index < -0.39 is 5.79 Å². The van der Waals surface area contributed by atoms with Crippen LogP contribution in [0.2, 0.25) is 0 Å². The first-order chi connectivity index (χ1) is 16.5. The molecule has 0 heterocycles. The van der Waals surface area contributed by atoms with Crippen LogP contribution in [-0.2, 0) is 28.5 Å². The van der Waals surface area contributed by atoms with Gasteiger partial charge in [0.25, 0.3) is 0 Å². The van der Waals surface area contributed by atoms with E-state index in [1.165, 1.54) is 26.4 Å². The maximum atomic E-state index is 12.3. The van der Waals surface area contributed by atoms with E-state index in [0.717, 1.165) is 38.5 Å². The molecule has 0 aromatic rings. The van der Waals surface area contributed by atoms with E-state index >= 15 is 0 Å². The molecule has 0 aromatic carbocycles. The lowest BCUT2D eigenvalue weighted by Crippen LogP contribution is -2.60. The second-order valence-electron chi connectivity index (χ2n) is 12.7. The Morgan fingerprint density at radius 3 is 2.31 bits per heavy atom. The van der Waals surface area contributed by atoms with Crippen LogP contribution in [-0.4, -0.2) is 45.2 Å².